The van der Waals surface area contributed by atoms with Crippen molar-refractivity contribution in [3.05, 3.63) is 59.7 Å². The maximum Gasteiger partial charge on any atom is 0.236 e. The lowest BCUT2D eigenvalue weighted by Gasteiger charge is -1.99. The van der Waals surface area contributed by atoms with Gasteiger partial charge in [0.25, 0.3) is 0 Å². The van der Waals surface area contributed by atoms with Gasteiger partial charge in [-0.15, -0.1) is 11.3 Å². The molecular weight excluding hydrogens is 389 g/mol. The minimum atomic E-state index is -0.273. The number of amides is 1. The number of carbonyl (C=O) groups is 1. The first-order valence-corrected chi connectivity index (χ1v) is 10.4. The van der Waals surface area contributed by atoms with Crippen LogP contribution in [-0.2, 0) is 4.79 Å². The number of para-hydroxylation sites is 1. The highest BCUT2D eigenvalue weighted by Gasteiger charge is 2.10. The molecule has 130 valence electrons. The van der Waals surface area contributed by atoms with Crippen molar-refractivity contribution in [1.82, 2.24) is 9.97 Å². The molecule has 26 heavy (non-hydrogen) atoms. The molecular formula is C18H12FN3OS3. The number of carbonyl (C=O) groups excluding carboxylic acids is 1. The van der Waals surface area contributed by atoms with Gasteiger partial charge in [0.2, 0.25) is 5.91 Å². The minimum Gasteiger partial charge on any atom is -0.301 e. The third-order valence-electron chi connectivity index (χ3n) is 3.49. The van der Waals surface area contributed by atoms with Crippen molar-refractivity contribution in [1.29, 1.82) is 0 Å². The van der Waals surface area contributed by atoms with Gasteiger partial charge in [0.15, 0.2) is 9.47 Å². The number of fused-ring (bicyclic) bond motifs is 1. The van der Waals surface area contributed by atoms with E-state index in [1.54, 1.807) is 12.1 Å². The van der Waals surface area contributed by atoms with Crippen LogP contribution in [0.3, 0.4) is 0 Å². The van der Waals surface area contributed by atoms with Gasteiger partial charge in [-0.1, -0.05) is 35.2 Å². The van der Waals surface area contributed by atoms with Crippen LogP contribution in [0.25, 0.3) is 21.5 Å². The number of thioether (sulfide) groups is 1. The maximum absolute atomic E-state index is 13.0. The highest BCUT2D eigenvalue weighted by molar-refractivity contribution is 8.01. The Morgan fingerprint density at radius 3 is 2.73 bits per heavy atom. The molecule has 0 spiro atoms. The Morgan fingerprint density at radius 1 is 1.12 bits per heavy atom. The highest BCUT2D eigenvalue weighted by Crippen LogP contribution is 2.29. The topological polar surface area (TPSA) is 54.9 Å². The molecule has 0 aliphatic heterocycles. The molecule has 4 nitrogen and oxygen atoms in total. The summed E-state index contributed by atoms with van der Waals surface area (Å²) in [7, 11) is 0. The van der Waals surface area contributed by atoms with Crippen molar-refractivity contribution in [2.75, 3.05) is 11.1 Å². The monoisotopic (exact) mass is 401 g/mol. The number of aromatic nitrogens is 2. The number of nitrogens with zero attached hydrogens (tertiary/aromatic N) is 2. The average Bonchev–Trinajstić information content (AvgIpc) is 3.27. The Balaban J connectivity index is 1.36. The van der Waals surface area contributed by atoms with E-state index < -0.39 is 0 Å². The fourth-order valence-corrected chi connectivity index (χ4v) is 4.80. The van der Waals surface area contributed by atoms with Crippen LogP contribution in [-0.4, -0.2) is 21.6 Å². The molecule has 0 unspecified atom stereocenters. The van der Waals surface area contributed by atoms with E-state index in [1.807, 2.05) is 29.6 Å². The fraction of sp³-hybridized carbons (Fsp3) is 0.0556. The van der Waals surface area contributed by atoms with Gasteiger partial charge >= 0.3 is 0 Å². The lowest BCUT2D eigenvalue weighted by atomic mass is 10.2. The highest BCUT2D eigenvalue weighted by atomic mass is 32.2. The molecule has 8 heteroatoms. The van der Waals surface area contributed by atoms with Gasteiger partial charge in [0, 0.05) is 10.9 Å². The molecule has 4 aromatic rings. The van der Waals surface area contributed by atoms with Crippen molar-refractivity contribution in [2.24, 2.45) is 0 Å². The summed E-state index contributed by atoms with van der Waals surface area (Å²) in [6.07, 6.45) is 0. The van der Waals surface area contributed by atoms with Gasteiger partial charge < -0.3 is 5.32 Å². The zero-order valence-electron chi connectivity index (χ0n) is 13.3. The number of thiazole rings is 2. The summed E-state index contributed by atoms with van der Waals surface area (Å²) in [5.74, 6) is -0.135. The number of hydrogen-bond acceptors (Lipinski definition) is 6. The number of halogens is 1. The van der Waals surface area contributed by atoms with E-state index in [0.717, 1.165) is 25.8 Å². The molecule has 0 bridgehead atoms. The summed E-state index contributed by atoms with van der Waals surface area (Å²) in [5.41, 5.74) is 2.52. The summed E-state index contributed by atoms with van der Waals surface area (Å²) < 4.78 is 14.8. The van der Waals surface area contributed by atoms with Crippen LogP contribution in [0.1, 0.15) is 0 Å². The Bertz CT molecular complexity index is 1030. The van der Waals surface area contributed by atoms with Gasteiger partial charge in [0.1, 0.15) is 5.82 Å². The van der Waals surface area contributed by atoms with Crippen LogP contribution in [0.15, 0.2) is 58.3 Å². The summed E-state index contributed by atoms with van der Waals surface area (Å²) >= 11 is 4.29. The lowest BCUT2D eigenvalue weighted by molar-refractivity contribution is -0.113. The Hall–Kier alpha value is -2.29. The standard InChI is InChI=1S/C18H12FN3OS3/c19-12-7-5-11(6-8-12)14-9-24-18(21-14)25-10-16(23)22-17-20-13-3-1-2-4-15(13)26-17/h1-9H,10H2,(H,20,22,23). The summed E-state index contributed by atoms with van der Waals surface area (Å²) in [5, 5.41) is 5.33. The molecule has 0 saturated carbocycles. The van der Waals surface area contributed by atoms with Crippen LogP contribution in [0, 0.1) is 5.82 Å². The molecule has 0 fully saturated rings. The predicted molar refractivity (Wildman–Crippen MR) is 106 cm³/mol. The van der Waals surface area contributed by atoms with Crippen molar-refractivity contribution < 1.29 is 9.18 Å². The average molecular weight is 402 g/mol. The fourth-order valence-electron chi connectivity index (χ4n) is 2.29. The number of benzene rings is 2. The third kappa shape index (κ3) is 3.92. The first-order chi connectivity index (χ1) is 12.7. The number of hydrogen-bond donors (Lipinski definition) is 1. The molecule has 1 amide bonds. The Labute approximate surface area is 161 Å². The minimum absolute atomic E-state index is 0.118. The SMILES string of the molecule is O=C(CSc1nc(-c2ccc(F)cc2)cs1)Nc1nc2ccccc2s1. The van der Waals surface area contributed by atoms with Crippen molar-refractivity contribution in [3.63, 3.8) is 0 Å². The molecule has 1 N–H and O–H groups in total. The molecule has 0 radical (unpaired) electrons. The summed E-state index contributed by atoms with van der Waals surface area (Å²) in [4.78, 5) is 21.0. The van der Waals surface area contributed by atoms with E-state index in [-0.39, 0.29) is 17.5 Å². The van der Waals surface area contributed by atoms with Crippen molar-refractivity contribution in [3.8, 4) is 11.3 Å². The normalized spacial score (nSPS) is 11.0. The van der Waals surface area contributed by atoms with E-state index in [0.29, 0.717) is 5.13 Å². The van der Waals surface area contributed by atoms with E-state index in [4.69, 9.17) is 0 Å². The smallest absolute Gasteiger partial charge is 0.236 e. The Kier molecular flexibility index (Phi) is 4.96. The predicted octanol–water partition coefficient (Wildman–Crippen LogP) is 5.29. The lowest BCUT2D eigenvalue weighted by Crippen LogP contribution is -2.13. The first-order valence-electron chi connectivity index (χ1n) is 7.67. The van der Waals surface area contributed by atoms with Gasteiger partial charge in [0.05, 0.1) is 21.7 Å². The first kappa shape index (κ1) is 17.1. The Morgan fingerprint density at radius 2 is 1.92 bits per heavy atom. The van der Waals surface area contributed by atoms with Gasteiger partial charge in [-0.2, -0.15) is 0 Å². The van der Waals surface area contributed by atoms with E-state index >= 15 is 0 Å². The van der Waals surface area contributed by atoms with Crippen LogP contribution < -0.4 is 5.32 Å². The molecule has 2 aromatic carbocycles. The van der Waals surface area contributed by atoms with Crippen LogP contribution in [0.2, 0.25) is 0 Å². The summed E-state index contributed by atoms with van der Waals surface area (Å²) in [6.45, 7) is 0. The van der Waals surface area contributed by atoms with E-state index in [2.05, 4.69) is 15.3 Å². The molecule has 4 rings (SSSR count). The molecule has 2 aromatic heterocycles. The zero-order valence-corrected chi connectivity index (χ0v) is 15.8. The molecule has 0 aliphatic rings. The van der Waals surface area contributed by atoms with E-state index in [9.17, 15) is 9.18 Å². The van der Waals surface area contributed by atoms with Gasteiger partial charge in [-0.25, -0.2) is 14.4 Å². The molecule has 0 atom stereocenters. The quantitative estimate of drug-likeness (QED) is 0.462. The second-order valence-electron chi connectivity index (χ2n) is 5.33. The van der Waals surface area contributed by atoms with Crippen LogP contribution in [0.4, 0.5) is 9.52 Å². The van der Waals surface area contributed by atoms with E-state index in [1.165, 1.54) is 46.6 Å². The molecule has 0 aliphatic carbocycles. The number of nitrogens with one attached hydrogen (secondary N) is 1. The van der Waals surface area contributed by atoms with Crippen molar-refractivity contribution >= 4 is 55.7 Å². The molecule has 0 saturated heterocycles. The van der Waals surface area contributed by atoms with Gasteiger partial charge in [-0.05, 0) is 36.4 Å². The molecule has 2 heterocycles. The van der Waals surface area contributed by atoms with Crippen LogP contribution in [0.5, 0.6) is 0 Å². The number of rotatable bonds is 5. The third-order valence-corrected chi connectivity index (χ3v) is 6.46. The van der Waals surface area contributed by atoms with Crippen molar-refractivity contribution in [2.45, 2.75) is 4.34 Å². The largest absolute Gasteiger partial charge is 0.301 e. The zero-order chi connectivity index (χ0) is 17.9. The maximum atomic E-state index is 13.0. The van der Waals surface area contributed by atoms with Crippen LogP contribution >= 0.6 is 34.4 Å². The second-order valence-corrected chi connectivity index (χ2v) is 8.44. The van der Waals surface area contributed by atoms with Gasteiger partial charge in [-0.3, -0.25) is 4.79 Å². The number of anilines is 1. The summed E-state index contributed by atoms with van der Waals surface area (Å²) in [6, 6.07) is 14.0. The second kappa shape index (κ2) is 7.53.